The van der Waals surface area contributed by atoms with Gasteiger partial charge in [0.1, 0.15) is 0 Å². The van der Waals surface area contributed by atoms with Crippen molar-refractivity contribution in [1.82, 2.24) is 9.03 Å². The molecule has 0 bridgehead atoms. The van der Waals surface area contributed by atoms with Crippen LogP contribution in [0.4, 0.5) is 0 Å². The Labute approximate surface area is 92.2 Å². The van der Waals surface area contributed by atoms with Crippen LogP contribution in [0.5, 0.6) is 0 Å². The summed E-state index contributed by atoms with van der Waals surface area (Å²) in [5.41, 5.74) is 5.80. The average molecular weight is 235 g/mol. The summed E-state index contributed by atoms with van der Waals surface area (Å²) in [5.74, 6) is 0. The summed E-state index contributed by atoms with van der Waals surface area (Å²) in [4.78, 5) is 0. The number of nitrogens with one attached hydrogen (secondary N) is 1. The Kier molecular flexibility index (Phi) is 4.51. The van der Waals surface area contributed by atoms with E-state index < -0.39 is 10.2 Å². The first-order chi connectivity index (χ1) is 7.01. The van der Waals surface area contributed by atoms with Crippen molar-refractivity contribution < 1.29 is 8.42 Å². The van der Waals surface area contributed by atoms with Gasteiger partial charge in [0.25, 0.3) is 10.2 Å². The summed E-state index contributed by atoms with van der Waals surface area (Å²) in [5, 5.41) is 0. The van der Waals surface area contributed by atoms with Crippen LogP contribution in [0.1, 0.15) is 32.6 Å². The van der Waals surface area contributed by atoms with Crippen molar-refractivity contribution in [3.63, 3.8) is 0 Å². The van der Waals surface area contributed by atoms with Gasteiger partial charge in [-0.15, -0.1) is 0 Å². The van der Waals surface area contributed by atoms with E-state index >= 15 is 0 Å². The Balaban J connectivity index is 2.68. The van der Waals surface area contributed by atoms with Gasteiger partial charge in [-0.05, 0) is 25.7 Å². The summed E-state index contributed by atoms with van der Waals surface area (Å²) >= 11 is 0. The molecule has 1 fully saturated rings. The summed E-state index contributed by atoms with van der Waals surface area (Å²) in [6.45, 7) is 2.38. The lowest BCUT2D eigenvalue weighted by molar-refractivity contribution is 0.245. The highest BCUT2D eigenvalue weighted by molar-refractivity contribution is 7.87. The van der Waals surface area contributed by atoms with E-state index in [9.17, 15) is 8.42 Å². The molecule has 1 aliphatic carbocycles. The number of hydrogen-bond acceptors (Lipinski definition) is 3. The zero-order chi connectivity index (χ0) is 11.5. The fourth-order valence-electron chi connectivity index (χ4n) is 2.13. The van der Waals surface area contributed by atoms with Crippen LogP contribution < -0.4 is 10.5 Å². The van der Waals surface area contributed by atoms with Crippen molar-refractivity contribution in [2.24, 2.45) is 5.73 Å². The maximum Gasteiger partial charge on any atom is 0.279 e. The largest absolute Gasteiger partial charge is 0.328 e. The van der Waals surface area contributed by atoms with E-state index in [2.05, 4.69) is 4.72 Å². The lowest BCUT2D eigenvalue weighted by atomic mass is 9.92. The molecule has 0 amide bonds. The molecule has 1 aliphatic rings. The van der Waals surface area contributed by atoms with E-state index in [1.165, 1.54) is 7.05 Å². The van der Waals surface area contributed by atoms with Gasteiger partial charge >= 0.3 is 0 Å². The van der Waals surface area contributed by atoms with E-state index in [4.69, 9.17) is 5.73 Å². The normalized spacial score (nSPS) is 28.3. The molecule has 90 valence electrons. The quantitative estimate of drug-likeness (QED) is 0.722. The molecule has 15 heavy (non-hydrogen) atoms. The second-order valence-electron chi connectivity index (χ2n) is 3.98. The molecular weight excluding hydrogens is 214 g/mol. The van der Waals surface area contributed by atoms with Crippen molar-refractivity contribution in [3.05, 3.63) is 0 Å². The van der Waals surface area contributed by atoms with E-state index in [-0.39, 0.29) is 12.1 Å². The molecule has 0 saturated heterocycles. The van der Waals surface area contributed by atoms with Crippen LogP contribution >= 0.6 is 0 Å². The van der Waals surface area contributed by atoms with E-state index in [0.29, 0.717) is 6.54 Å². The molecule has 0 atom stereocenters. The number of rotatable bonds is 4. The van der Waals surface area contributed by atoms with Crippen LogP contribution in [-0.2, 0) is 10.2 Å². The van der Waals surface area contributed by atoms with Crippen LogP contribution in [-0.4, -0.2) is 38.4 Å². The molecule has 0 spiro atoms. The van der Waals surface area contributed by atoms with Gasteiger partial charge in [-0.3, -0.25) is 0 Å². The summed E-state index contributed by atoms with van der Waals surface area (Å²) in [7, 11) is -1.83. The first-order valence-electron chi connectivity index (χ1n) is 5.47. The fraction of sp³-hybridized carbons (Fsp3) is 1.00. The third-order valence-electron chi connectivity index (χ3n) is 3.03. The van der Waals surface area contributed by atoms with Crippen molar-refractivity contribution in [2.75, 3.05) is 13.6 Å². The predicted molar refractivity (Wildman–Crippen MR) is 60.6 cm³/mol. The number of nitrogens with two attached hydrogens (primary N) is 1. The maximum absolute atomic E-state index is 11.7. The molecule has 0 radical (unpaired) electrons. The minimum atomic E-state index is -3.28. The molecule has 6 heteroatoms. The first kappa shape index (κ1) is 12.9. The molecule has 0 aliphatic heterocycles. The van der Waals surface area contributed by atoms with Crippen LogP contribution in [0, 0.1) is 0 Å². The number of hydrogen-bond donors (Lipinski definition) is 2. The van der Waals surface area contributed by atoms with Crippen LogP contribution in [0.2, 0.25) is 0 Å². The SMILES string of the molecule is CCN(C1CCC(N)CC1)S(=O)(=O)NC. The van der Waals surface area contributed by atoms with Gasteiger partial charge in [-0.1, -0.05) is 6.92 Å². The molecule has 0 unspecified atom stereocenters. The zero-order valence-corrected chi connectivity index (χ0v) is 10.3. The second kappa shape index (κ2) is 5.25. The van der Waals surface area contributed by atoms with Gasteiger partial charge in [0.05, 0.1) is 0 Å². The highest BCUT2D eigenvalue weighted by atomic mass is 32.2. The minimum absolute atomic E-state index is 0.118. The van der Waals surface area contributed by atoms with E-state index in [1.54, 1.807) is 4.31 Å². The number of nitrogens with zero attached hydrogens (tertiary/aromatic N) is 1. The van der Waals surface area contributed by atoms with Crippen molar-refractivity contribution in [3.8, 4) is 0 Å². The Morgan fingerprint density at radius 2 is 1.87 bits per heavy atom. The molecule has 0 heterocycles. The predicted octanol–water partition coefficient (Wildman–Crippen LogP) is 0.0424. The van der Waals surface area contributed by atoms with Gasteiger partial charge in [-0.2, -0.15) is 12.7 Å². The Bertz CT molecular complexity index is 284. The highest BCUT2D eigenvalue weighted by Gasteiger charge is 2.30. The molecule has 1 saturated carbocycles. The maximum atomic E-state index is 11.7. The highest BCUT2D eigenvalue weighted by Crippen LogP contribution is 2.23. The third kappa shape index (κ3) is 3.14. The minimum Gasteiger partial charge on any atom is -0.328 e. The molecular formula is C9H21N3O2S. The first-order valence-corrected chi connectivity index (χ1v) is 6.91. The van der Waals surface area contributed by atoms with Crippen LogP contribution in [0.3, 0.4) is 0 Å². The summed E-state index contributed by atoms with van der Waals surface area (Å²) in [6, 6.07) is 0.365. The standard InChI is InChI=1S/C9H21N3O2S/c1-3-12(15(13,14)11-2)9-6-4-8(10)5-7-9/h8-9,11H,3-7,10H2,1-2H3. The topological polar surface area (TPSA) is 75.4 Å². The molecule has 3 N–H and O–H groups in total. The zero-order valence-electron chi connectivity index (χ0n) is 9.44. The fourth-order valence-corrected chi connectivity index (χ4v) is 3.31. The van der Waals surface area contributed by atoms with E-state index in [0.717, 1.165) is 25.7 Å². The van der Waals surface area contributed by atoms with E-state index in [1.807, 2.05) is 6.92 Å². The Morgan fingerprint density at radius 3 is 2.27 bits per heavy atom. The van der Waals surface area contributed by atoms with Gasteiger partial charge in [0.15, 0.2) is 0 Å². The summed E-state index contributed by atoms with van der Waals surface area (Å²) in [6.07, 6.45) is 3.58. The van der Waals surface area contributed by atoms with Gasteiger partial charge < -0.3 is 5.73 Å². The molecule has 0 aromatic heterocycles. The lowest BCUT2D eigenvalue weighted by Crippen LogP contribution is -2.47. The smallest absolute Gasteiger partial charge is 0.279 e. The van der Waals surface area contributed by atoms with Crippen molar-refractivity contribution in [2.45, 2.75) is 44.7 Å². The monoisotopic (exact) mass is 235 g/mol. The second-order valence-corrected chi connectivity index (χ2v) is 5.81. The Hall–Kier alpha value is -0.170. The average Bonchev–Trinajstić information content (AvgIpc) is 2.22. The molecule has 1 rings (SSSR count). The molecule has 0 aromatic carbocycles. The molecule has 5 nitrogen and oxygen atoms in total. The third-order valence-corrected chi connectivity index (χ3v) is 4.72. The van der Waals surface area contributed by atoms with Gasteiger partial charge in [0, 0.05) is 25.7 Å². The van der Waals surface area contributed by atoms with Crippen molar-refractivity contribution >= 4 is 10.2 Å². The van der Waals surface area contributed by atoms with Crippen molar-refractivity contribution in [1.29, 1.82) is 0 Å². The molecule has 0 aromatic rings. The van der Waals surface area contributed by atoms with Crippen LogP contribution in [0.25, 0.3) is 0 Å². The van der Waals surface area contributed by atoms with Gasteiger partial charge in [0.2, 0.25) is 0 Å². The van der Waals surface area contributed by atoms with Gasteiger partial charge in [-0.25, -0.2) is 4.72 Å². The Morgan fingerprint density at radius 1 is 1.33 bits per heavy atom. The summed E-state index contributed by atoms with van der Waals surface area (Å²) < 4.78 is 27.3. The lowest BCUT2D eigenvalue weighted by Gasteiger charge is -2.34. The van der Waals surface area contributed by atoms with Crippen LogP contribution in [0.15, 0.2) is 0 Å².